The van der Waals surface area contributed by atoms with Crippen LogP contribution in [0, 0.1) is 34.5 Å². The molecule has 182 valence electrons. The molecule has 4 aliphatic carbocycles. The summed E-state index contributed by atoms with van der Waals surface area (Å²) < 4.78 is 0. The van der Waals surface area contributed by atoms with Gasteiger partial charge in [-0.3, -0.25) is 4.79 Å². The minimum absolute atomic E-state index is 0.0148. The van der Waals surface area contributed by atoms with Crippen LogP contribution in [0.1, 0.15) is 92.4 Å². The fraction of sp³-hybridized carbons (Fsp3) is 0.889. The molecule has 0 amide bonds. The molecule has 0 aromatic rings. The van der Waals surface area contributed by atoms with E-state index in [1.165, 1.54) is 0 Å². The Morgan fingerprint density at radius 3 is 2.47 bits per heavy atom. The lowest BCUT2D eigenvalue weighted by molar-refractivity contribution is -0.142. The molecule has 0 aromatic heterocycles. The zero-order valence-electron chi connectivity index (χ0n) is 20.6. The Morgan fingerprint density at radius 2 is 1.81 bits per heavy atom. The van der Waals surface area contributed by atoms with E-state index in [9.17, 15) is 25.2 Å². The lowest BCUT2D eigenvalue weighted by Crippen LogP contribution is -2.59. The highest BCUT2D eigenvalue weighted by atomic mass is 16.3. The second-order valence-electron chi connectivity index (χ2n) is 12.8. The molecule has 3 fully saturated rings. The Labute approximate surface area is 193 Å². The van der Waals surface area contributed by atoms with Gasteiger partial charge in [0.1, 0.15) is 0 Å². The van der Waals surface area contributed by atoms with Crippen LogP contribution in [0.2, 0.25) is 0 Å². The van der Waals surface area contributed by atoms with Gasteiger partial charge in [-0.25, -0.2) is 0 Å². The van der Waals surface area contributed by atoms with Gasteiger partial charge in [-0.15, -0.1) is 0 Å². The van der Waals surface area contributed by atoms with Crippen molar-refractivity contribution >= 4 is 5.78 Å². The van der Waals surface area contributed by atoms with Crippen molar-refractivity contribution in [2.75, 3.05) is 0 Å². The molecule has 0 aliphatic heterocycles. The van der Waals surface area contributed by atoms with E-state index in [2.05, 4.69) is 20.8 Å². The molecule has 0 heterocycles. The van der Waals surface area contributed by atoms with Crippen molar-refractivity contribution in [3.8, 4) is 0 Å². The maximum absolute atomic E-state index is 13.2. The molecule has 5 heteroatoms. The van der Waals surface area contributed by atoms with E-state index in [-0.39, 0.29) is 40.3 Å². The van der Waals surface area contributed by atoms with Gasteiger partial charge >= 0.3 is 0 Å². The van der Waals surface area contributed by atoms with Gasteiger partial charge in [0.15, 0.2) is 5.78 Å². The highest BCUT2D eigenvalue weighted by Crippen LogP contribution is 2.68. The van der Waals surface area contributed by atoms with Crippen molar-refractivity contribution < 1.29 is 25.2 Å². The summed E-state index contributed by atoms with van der Waals surface area (Å²) in [4.78, 5) is 13.2. The summed E-state index contributed by atoms with van der Waals surface area (Å²) >= 11 is 0. The summed E-state index contributed by atoms with van der Waals surface area (Å²) in [5.74, 6) is 0.301. The van der Waals surface area contributed by atoms with E-state index in [0.717, 1.165) is 37.7 Å². The molecule has 0 aromatic carbocycles. The summed E-state index contributed by atoms with van der Waals surface area (Å²) in [6.07, 6.45) is 7.33. The van der Waals surface area contributed by atoms with Gasteiger partial charge in [0.05, 0.1) is 23.4 Å². The summed E-state index contributed by atoms with van der Waals surface area (Å²) in [6, 6.07) is 0. The monoisotopic (exact) mass is 448 g/mol. The molecule has 32 heavy (non-hydrogen) atoms. The molecule has 4 aliphatic rings. The molecule has 5 nitrogen and oxygen atoms in total. The number of rotatable bonds is 5. The van der Waals surface area contributed by atoms with Crippen LogP contribution in [0.15, 0.2) is 11.6 Å². The van der Waals surface area contributed by atoms with Crippen LogP contribution in [0.3, 0.4) is 0 Å². The number of carbonyl (C=O) groups is 1. The zero-order chi connectivity index (χ0) is 23.7. The molecule has 0 saturated heterocycles. The van der Waals surface area contributed by atoms with Crippen LogP contribution in [0.5, 0.6) is 0 Å². The fourth-order valence-corrected chi connectivity index (χ4v) is 8.23. The molecular weight excluding hydrogens is 404 g/mol. The quantitative estimate of drug-likeness (QED) is 0.513. The minimum atomic E-state index is -1.01. The Morgan fingerprint density at radius 1 is 1.12 bits per heavy atom. The lowest BCUT2D eigenvalue weighted by Gasteiger charge is -2.59. The smallest absolute Gasteiger partial charge is 0.159 e. The third-order valence-corrected chi connectivity index (χ3v) is 10.4. The SMILES string of the molecule is C[C@@H]([C@H](O)CCC(C)(C)O)[C@H]1CC[C@@]2(O)C3=CC(=O)[C@@H]4C[C@H](O)CC[C@]4(C)[C@@H]3CC[C@]12C. The largest absolute Gasteiger partial charge is 0.393 e. The van der Waals surface area contributed by atoms with Crippen molar-refractivity contribution in [2.45, 2.75) is 116 Å². The van der Waals surface area contributed by atoms with E-state index in [0.29, 0.717) is 25.7 Å². The third kappa shape index (κ3) is 3.62. The van der Waals surface area contributed by atoms with E-state index >= 15 is 0 Å². The average molecular weight is 449 g/mol. The second-order valence-corrected chi connectivity index (χ2v) is 12.8. The molecule has 0 bridgehead atoms. The molecule has 4 rings (SSSR count). The van der Waals surface area contributed by atoms with Gasteiger partial charge in [-0.2, -0.15) is 0 Å². The maximum Gasteiger partial charge on any atom is 0.159 e. The van der Waals surface area contributed by atoms with Crippen LogP contribution in [-0.2, 0) is 4.79 Å². The lowest BCUT2D eigenvalue weighted by atomic mass is 9.46. The zero-order valence-corrected chi connectivity index (χ0v) is 20.6. The van der Waals surface area contributed by atoms with Gasteiger partial charge < -0.3 is 20.4 Å². The van der Waals surface area contributed by atoms with Gasteiger partial charge in [-0.1, -0.05) is 20.8 Å². The van der Waals surface area contributed by atoms with Gasteiger partial charge in [0, 0.05) is 11.3 Å². The minimum Gasteiger partial charge on any atom is -0.393 e. The van der Waals surface area contributed by atoms with Crippen molar-refractivity contribution in [3.63, 3.8) is 0 Å². The van der Waals surface area contributed by atoms with Crippen LogP contribution in [0.25, 0.3) is 0 Å². The number of hydrogen-bond donors (Lipinski definition) is 4. The highest BCUT2D eigenvalue weighted by Gasteiger charge is 2.66. The Kier molecular flexibility index (Phi) is 6.02. The molecule has 3 saturated carbocycles. The summed E-state index contributed by atoms with van der Waals surface area (Å²) in [5, 5.41) is 43.4. The van der Waals surface area contributed by atoms with Crippen molar-refractivity contribution in [1.29, 1.82) is 0 Å². The van der Waals surface area contributed by atoms with E-state index < -0.39 is 23.4 Å². The van der Waals surface area contributed by atoms with Gasteiger partial charge in [0.2, 0.25) is 0 Å². The van der Waals surface area contributed by atoms with Gasteiger partial charge in [0.25, 0.3) is 0 Å². The first-order valence-electron chi connectivity index (χ1n) is 12.8. The second kappa shape index (κ2) is 7.90. The number of allylic oxidation sites excluding steroid dienone is 1. The first-order valence-corrected chi connectivity index (χ1v) is 12.8. The standard InChI is InChI=1S/C27H44O5/c1-16(22(29)9-10-24(2,3)31)18-8-13-27(32)20-15-23(30)21-14-17(28)6-11-25(21,4)19(20)7-12-26(18,27)5/h15-19,21-22,28-29,31-32H,6-14H2,1-5H3/t16-,17-,18-,19-,21+,22-,25-,26-,27-/m1/s1. The van der Waals surface area contributed by atoms with Crippen LogP contribution in [-0.4, -0.2) is 49.6 Å². The molecule has 0 spiro atoms. The maximum atomic E-state index is 13.2. The first kappa shape index (κ1) is 24.4. The number of fused-ring (bicyclic) bond motifs is 5. The van der Waals surface area contributed by atoms with Crippen molar-refractivity contribution in [3.05, 3.63) is 11.6 Å². The van der Waals surface area contributed by atoms with Crippen molar-refractivity contribution in [1.82, 2.24) is 0 Å². The fourth-order valence-electron chi connectivity index (χ4n) is 8.23. The van der Waals surface area contributed by atoms with E-state index in [4.69, 9.17) is 0 Å². The summed E-state index contributed by atoms with van der Waals surface area (Å²) in [7, 11) is 0. The van der Waals surface area contributed by atoms with E-state index in [1.54, 1.807) is 19.9 Å². The summed E-state index contributed by atoms with van der Waals surface area (Å²) in [5.41, 5.74) is -1.43. The molecular formula is C27H44O5. The average Bonchev–Trinajstić information content (AvgIpc) is 2.98. The molecule has 0 unspecified atom stereocenters. The number of aliphatic hydroxyl groups excluding tert-OH is 2. The molecule has 0 radical (unpaired) electrons. The molecule has 9 atom stereocenters. The Balaban J connectivity index is 1.61. The Bertz CT molecular complexity index is 783. The number of carbonyl (C=O) groups excluding carboxylic acids is 1. The molecule has 4 N–H and O–H groups in total. The summed E-state index contributed by atoms with van der Waals surface area (Å²) in [6.45, 7) is 10.0. The predicted octanol–water partition coefficient (Wildman–Crippen LogP) is 3.77. The number of hydrogen-bond acceptors (Lipinski definition) is 5. The van der Waals surface area contributed by atoms with E-state index in [1.807, 2.05) is 0 Å². The predicted molar refractivity (Wildman–Crippen MR) is 124 cm³/mol. The number of aliphatic hydroxyl groups is 4. The van der Waals surface area contributed by atoms with Gasteiger partial charge in [-0.05, 0) is 106 Å². The topological polar surface area (TPSA) is 98.0 Å². The third-order valence-electron chi connectivity index (χ3n) is 10.4. The normalized spacial score (nSPS) is 46.0. The number of ketones is 1. The highest BCUT2D eigenvalue weighted by molar-refractivity contribution is 5.95. The van der Waals surface area contributed by atoms with Crippen LogP contribution < -0.4 is 0 Å². The van der Waals surface area contributed by atoms with Crippen LogP contribution in [0.4, 0.5) is 0 Å². The first-order chi connectivity index (χ1) is 14.7. The Hall–Kier alpha value is -0.750. The van der Waals surface area contributed by atoms with Crippen molar-refractivity contribution in [2.24, 2.45) is 34.5 Å². The van der Waals surface area contributed by atoms with Crippen LogP contribution >= 0.6 is 0 Å².